The van der Waals surface area contributed by atoms with Gasteiger partial charge in [0.25, 0.3) is 0 Å². The Bertz CT molecular complexity index is 363. The monoisotopic (exact) mass is 248 g/mol. The molecule has 3 atom stereocenters. The molecular weight excluding hydrogens is 224 g/mol. The van der Waals surface area contributed by atoms with Crippen LogP contribution < -0.4 is 0 Å². The SMILES string of the molecule is CC(C)(OC(=O)C1CC2C=CC1C2)C1CCCC1. The Balaban J connectivity index is 1.62. The molecule has 2 saturated carbocycles. The van der Waals surface area contributed by atoms with E-state index in [0.29, 0.717) is 17.8 Å². The normalized spacial score (nSPS) is 35.3. The molecule has 0 radical (unpaired) electrons. The summed E-state index contributed by atoms with van der Waals surface area (Å²) >= 11 is 0. The minimum absolute atomic E-state index is 0.0590. The molecule has 2 fully saturated rings. The zero-order valence-electron chi connectivity index (χ0n) is 11.5. The largest absolute Gasteiger partial charge is 0.459 e. The Morgan fingerprint density at radius 3 is 2.44 bits per heavy atom. The molecule has 0 N–H and O–H groups in total. The molecule has 0 saturated heterocycles. The summed E-state index contributed by atoms with van der Waals surface area (Å²) in [7, 11) is 0. The van der Waals surface area contributed by atoms with Gasteiger partial charge in [-0.25, -0.2) is 0 Å². The van der Waals surface area contributed by atoms with E-state index in [4.69, 9.17) is 4.74 Å². The lowest BCUT2D eigenvalue weighted by Gasteiger charge is -2.33. The third-order valence-corrected chi connectivity index (χ3v) is 5.28. The molecule has 100 valence electrons. The van der Waals surface area contributed by atoms with E-state index in [1.54, 1.807) is 0 Å². The fourth-order valence-corrected chi connectivity index (χ4v) is 4.09. The van der Waals surface area contributed by atoms with Gasteiger partial charge in [0, 0.05) is 0 Å². The van der Waals surface area contributed by atoms with Crippen molar-refractivity contribution in [3.63, 3.8) is 0 Å². The highest BCUT2D eigenvalue weighted by Crippen LogP contribution is 2.45. The Morgan fingerprint density at radius 2 is 1.89 bits per heavy atom. The number of ether oxygens (including phenoxy) is 1. The van der Waals surface area contributed by atoms with Crippen LogP contribution in [-0.2, 0) is 9.53 Å². The Hall–Kier alpha value is -0.790. The van der Waals surface area contributed by atoms with Crippen LogP contribution in [0.5, 0.6) is 0 Å². The van der Waals surface area contributed by atoms with Crippen molar-refractivity contribution < 1.29 is 9.53 Å². The maximum Gasteiger partial charge on any atom is 0.310 e. The predicted molar refractivity (Wildman–Crippen MR) is 71.0 cm³/mol. The van der Waals surface area contributed by atoms with E-state index in [9.17, 15) is 4.79 Å². The molecule has 2 bridgehead atoms. The molecule has 0 amide bonds. The van der Waals surface area contributed by atoms with Crippen LogP contribution in [0.15, 0.2) is 12.2 Å². The molecule has 2 heteroatoms. The first-order valence-corrected chi connectivity index (χ1v) is 7.47. The van der Waals surface area contributed by atoms with Gasteiger partial charge in [0.15, 0.2) is 0 Å². The fourth-order valence-electron chi connectivity index (χ4n) is 4.09. The lowest BCUT2D eigenvalue weighted by atomic mass is 9.88. The number of esters is 1. The van der Waals surface area contributed by atoms with Crippen molar-refractivity contribution >= 4 is 5.97 Å². The molecule has 0 aliphatic heterocycles. The predicted octanol–water partition coefficient (Wildman–Crippen LogP) is 3.71. The van der Waals surface area contributed by atoms with Gasteiger partial charge >= 0.3 is 5.97 Å². The second kappa shape index (κ2) is 4.40. The van der Waals surface area contributed by atoms with Gasteiger partial charge in [0.2, 0.25) is 0 Å². The van der Waals surface area contributed by atoms with Crippen molar-refractivity contribution in [2.24, 2.45) is 23.7 Å². The van der Waals surface area contributed by atoms with Crippen LogP contribution in [0.4, 0.5) is 0 Å². The number of fused-ring (bicyclic) bond motifs is 2. The van der Waals surface area contributed by atoms with E-state index in [1.165, 1.54) is 32.1 Å². The zero-order valence-corrected chi connectivity index (χ0v) is 11.5. The number of hydrogen-bond acceptors (Lipinski definition) is 2. The van der Waals surface area contributed by atoms with E-state index in [0.717, 1.165) is 6.42 Å². The first-order valence-electron chi connectivity index (χ1n) is 7.47. The van der Waals surface area contributed by atoms with Crippen molar-refractivity contribution in [1.29, 1.82) is 0 Å². The summed E-state index contributed by atoms with van der Waals surface area (Å²) in [5.41, 5.74) is -0.265. The topological polar surface area (TPSA) is 26.3 Å². The summed E-state index contributed by atoms with van der Waals surface area (Å²) < 4.78 is 5.89. The van der Waals surface area contributed by atoms with Gasteiger partial charge in [-0.2, -0.15) is 0 Å². The van der Waals surface area contributed by atoms with E-state index in [1.807, 2.05) is 0 Å². The van der Waals surface area contributed by atoms with Crippen LogP contribution in [0.2, 0.25) is 0 Å². The number of carbonyl (C=O) groups excluding carboxylic acids is 1. The van der Waals surface area contributed by atoms with E-state index >= 15 is 0 Å². The average molecular weight is 248 g/mol. The summed E-state index contributed by atoms with van der Waals surface area (Å²) in [5, 5.41) is 0. The summed E-state index contributed by atoms with van der Waals surface area (Å²) in [6, 6.07) is 0. The van der Waals surface area contributed by atoms with Gasteiger partial charge < -0.3 is 4.74 Å². The van der Waals surface area contributed by atoms with Gasteiger partial charge in [0.05, 0.1) is 5.92 Å². The first kappa shape index (κ1) is 12.3. The van der Waals surface area contributed by atoms with E-state index in [2.05, 4.69) is 26.0 Å². The van der Waals surface area contributed by atoms with Crippen LogP contribution in [0.1, 0.15) is 52.4 Å². The molecule has 0 aromatic rings. The highest BCUT2D eigenvalue weighted by atomic mass is 16.6. The molecule has 0 aromatic heterocycles. The van der Waals surface area contributed by atoms with Crippen LogP contribution in [-0.4, -0.2) is 11.6 Å². The van der Waals surface area contributed by atoms with Crippen molar-refractivity contribution in [2.75, 3.05) is 0 Å². The molecule has 18 heavy (non-hydrogen) atoms. The van der Waals surface area contributed by atoms with Crippen molar-refractivity contribution in [3.8, 4) is 0 Å². The quantitative estimate of drug-likeness (QED) is 0.562. The number of carbonyl (C=O) groups is 1. The second-order valence-corrected chi connectivity index (χ2v) is 6.89. The molecule has 3 aliphatic carbocycles. The van der Waals surface area contributed by atoms with Gasteiger partial charge in [-0.3, -0.25) is 4.79 Å². The number of hydrogen-bond donors (Lipinski definition) is 0. The molecule has 3 unspecified atom stereocenters. The summed E-state index contributed by atoms with van der Waals surface area (Å²) in [6.07, 6.45) is 11.7. The van der Waals surface area contributed by atoms with Crippen LogP contribution in [0.25, 0.3) is 0 Å². The molecular formula is C16H24O2. The Kier molecular flexibility index (Phi) is 2.99. The lowest BCUT2D eigenvalue weighted by molar-refractivity contribution is -0.167. The van der Waals surface area contributed by atoms with Crippen LogP contribution >= 0.6 is 0 Å². The maximum atomic E-state index is 12.4. The highest BCUT2D eigenvalue weighted by Gasteiger charge is 2.43. The van der Waals surface area contributed by atoms with Gasteiger partial charge in [-0.15, -0.1) is 0 Å². The highest BCUT2D eigenvalue weighted by molar-refractivity contribution is 5.74. The molecule has 0 spiro atoms. The summed E-state index contributed by atoms with van der Waals surface area (Å²) in [6.45, 7) is 4.20. The Morgan fingerprint density at radius 1 is 1.17 bits per heavy atom. The van der Waals surface area contributed by atoms with Gasteiger partial charge in [-0.1, -0.05) is 25.0 Å². The van der Waals surface area contributed by atoms with E-state index in [-0.39, 0.29) is 17.5 Å². The number of rotatable bonds is 3. The maximum absolute atomic E-state index is 12.4. The van der Waals surface area contributed by atoms with Crippen LogP contribution in [0, 0.1) is 23.7 Å². The molecule has 0 heterocycles. The van der Waals surface area contributed by atoms with E-state index < -0.39 is 0 Å². The lowest BCUT2D eigenvalue weighted by Crippen LogP contribution is -2.38. The molecule has 2 nitrogen and oxygen atoms in total. The fraction of sp³-hybridized carbons (Fsp3) is 0.812. The summed E-state index contributed by atoms with van der Waals surface area (Å²) in [5.74, 6) is 1.86. The first-order chi connectivity index (χ1) is 8.56. The molecule has 3 aliphatic rings. The molecule has 0 aromatic carbocycles. The third-order valence-electron chi connectivity index (χ3n) is 5.28. The minimum Gasteiger partial charge on any atom is -0.459 e. The van der Waals surface area contributed by atoms with Crippen molar-refractivity contribution in [1.82, 2.24) is 0 Å². The van der Waals surface area contributed by atoms with Gasteiger partial charge in [0.1, 0.15) is 5.60 Å². The Labute approximate surface area is 110 Å². The minimum atomic E-state index is -0.265. The standard InChI is InChI=1S/C16H24O2/c1-16(2,13-5-3-4-6-13)18-15(17)14-10-11-7-8-12(14)9-11/h7-8,11-14H,3-6,9-10H2,1-2H3. The molecule has 3 rings (SSSR count). The zero-order chi connectivity index (χ0) is 12.8. The summed E-state index contributed by atoms with van der Waals surface area (Å²) in [4.78, 5) is 12.4. The second-order valence-electron chi connectivity index (χ2n) is 6.89. The van der Waals surface area contributed by atoms with Crippen molar-refractivity contribution in [3.05, 3.63) is 12.2 Å². The average Bonchev–Trinajstić information content (AvgIpc) is 3.05. The van der Waals surface area contributed by atoms with Gasteiger partial charge in [-0.05, 0) is 57.3 Å². The van der Waals surface area contributed by atoms with Crippen molar-refractivity contribution in [2.45, 2.75) is 58.0 Å². The number of allylic oxidation sites excluding steroid dienone is 2. The van der Waals surface area contributed by atoms with Crippen LogP contribution in [0.3, 0.4) is 0 Å². The third kappa shape index (κ3) is 2.10. The smallest absolute Gasteiger partial charge is 0.310 e.